The number of hydrogen-bond donors (Lipinski definition) is 0. The molecule has 6 unspecified atom stereocenters. The number of halogens is 3. The Morgan fingerprint density at radius 1 is 1.07 bits per heavy atom. The molecule has 2 saturated carbocycles. The van der Waals surface area contributed by atoms with Gasteiger partial charge in [0.2, 0.25) is 11.8 Å². The zero-order valence-electron chi connectivity index (χ0n) is 16.5. The number of allylic oxidation sites excluding steroid dienone is 2. The first-order valence-corrected chi connectivity index (χ1v) is 10.1. The van der Waals surface area contributed by atoms with Gasteiger partial charge >= 0.3 is 12.1 Å². The number of imide groups is 1. The molecule has 1 aliphatic heterocycles. The summed E-state index contributed by atoms with van der Waals surface area (Å²) in [6.07, 6.45) is -0.135. The molecule has 1 heterocycles. The zero-order chi connectivity index (χ0) is 21.5. The quantitative estimate of drug-likeness (QED) is 0.560. The van der Waals surface area contributed by atoms with Gasteiger partial charge in [-0.05, 0) is 61.1 Å². The number of benzene rings is 1. The summed E-state index contributed by atoms with van der Waals surface area (Å²) < 4.78 is 40.1. The van der Waals surface area contributed by atoms with Gasteiger partial charge in [0.25, 0.3) is 0 Å². The Balaban J connectivity index is 1.50. The van der Waals surface area contributed by atoms with Crippen molar-refractivity contribution >= 4 is 23.4 Å². The van der Waals surface area contributed by atoms with E-state index in [1.165, 1.54) is 6.07 Å². The van der Waals surface area contributed by atoms with Crippen molar-refractivity contribution in [2.24, 2.45) is 35.5 Å². The van der Waals surface area contributed by atoms with E-state index >= 15 is 0 Å². The highest BCUT2D eigenvalue weighted by molar-refractivity contribution is 6.07. The molecule has 1 aromatic rings. The van der Waals surface area contributed by atoms with Crippen molar-refractivity contribution in [3.05, 3.63) is 41.5 Å². The minimum atomic E-state index is -5.13. The van der Waals surface area contributed by atoms with E-state index in [9.17, 15) is 27.6 Å². The van der Waals surface area contributed by atoms with Gasteiger partial charge in [0.05, 0.1) is 11.8 Å². The van der Waals surface area contributed by atoms with Gasteiger partial charge < -0.3 is 0 Å². The predicted octanol–water partition coefficient (Wildman–Crippen LogP) is 3.21. The molecule has 4 aliphatic carbocycles. The van der Waals surface area contributed by atoms with E-state index < -0.39 is 42.4 Å². The first kappa shape index (κ1) is 19.3. The molecule has 5 aliphatic rings. The highest BCUT2D eigenvalue weighted by Crippen LogP contribution is 2.65. The fourth-order valence-corrected chi connectivity index (χ4v) is 5.71. The number of nitrogens with zero attached hydrogens (tertiary/aromatic N) is 2. The topological polar surface area (TPSA) is 57.7 Å². The molecule has 6 rings (SSSR count). The standard InChI is InChI=1S/C22H21F3N2O3/c1-10-3-4-11(2)16(7-10)26(21(30)22(23,24)25)9-27-19(28)17-12-5-6-13(15-8-14(12)15)18(17)20(27)29/h3-7,12-15,17-18H,8-9H2,1-2H3. The van der Waals surface area contributed by atoms with Crippen LogP contribution in [0.3, 0.4) is 0 Å². The van der Waals surface area contributed by atoms with Crippen LogP contribution in [0.5, 0.6) is 0 Å². The normalized spacial score (nSPS) is 33.6. The van der Waals surface area contributed by atoms with Crippen LogP contribution in [0.25, 0.3) is 0 Å². The summed E-state index contributed by atoms with van der Waals surface area (Å²) in [4.78, 5) is 40.0. The van der Waals surface area contributed by atoms with Gasteiger partial charge in [-0.25, -0.2) is 0 Å². The molecule has 3 amide bonds. The second-order valence-electron chi connectivity index (χ2n) is 8.92. The SMILES string of the molecule is Cc1ccc(C)c(N(CN2C(=O)C3C4C=CC(C5CC45)C3C2=O)C(=O)C(F)(F)F)c1. The van der Waals surface area contributed by atoms with E-state index in [-0.39, 0.29) is 17.5 Å². The van der Waals surface area contributed by atoms with E-state index in [0.29, 0.717) is 27.9 Å². The van der Waals surface area contributed by atoms with Crippen LogP contribution in [0.1, 0.15) is 17.5 Å². The highest BCUT2D eigenvalue weighted by Gasteiger charge is 2.67. The fraction of sp³-hybridized carbons (Fsp3) is 0.500. The zero-order valence-corrected chi connectivity index (χ0v) is 16.5. The van der Waals surface area contributed by atoms with Crippen LogP contribution in [0, 0.1) is 49.4 Å². The Labute approximate surface area is 171 Å². The number of alkyl halides is 3. The van der Waals surface area contributed by atoms with Gasteiger partial charge in [0.1, 0.15) is 6.67 Å². The third-order valence-corrected chi connectivity index (χ3v) is 7.18. The van der Waals surface area contributed by atoms with E-state index in [1.54, 1.807) is 26.0 Å². The number of carbonyl (C=O) groups excluding carboxylic acids is 3. The third kappa shape index (κ3) is 2.65. The molecule has 0 spiro atoms. The van der Waals surface area contributed by atoms with Crippen molar-refractivity contribution in [2.45, 2.75) is 26.4 Å². The van der Waals surface area contributed by atoms with Crippen molar-refractivity contribution in [1.82, 2.24) is 4.90 Å². The van der Waals surface area contributed by atoms with Crippen molar-refractivity contribution in [3.63, 3.8) is 0 Å². The molecule has 0 N–H and O–H groups in total. The third-order valence-electron chi connectivity index (χ3n) is 7.18. The maximum Gasteiger partial charge on any atom is 0.471 e. The minimum Gasteiger partial charge on any atom is -0.286 e. The van der Waals surface area contributed by atoms with Crippen molar-refractivity contribution in [2.75, 3.05) is 11.6 Å². The molecular formula is C22H21F3N2O3. The van der Waals surface area contributed by atoms with Crippen molar-refractivity contribution in [3.8, 4) is 0 Å². The summed E-state index contributed by atoms with van der Waals surface area (Å²) in [5.74, 6) is -3.31. The van der Waals surface area contributed by atoms with Crippen LogP contribution >= 0.6 is 0 Å². The van der Waals surface area contributed by atoms with Gasteiger partial charge in [-0.1, -0.05) is 24.3 Å². The number of likely N-dealkylation sites (tertiary alicyclic amines) is 1. The number of carbonyl (C=O) groups is 3. The van der Waals surface area contributed by atoms with Gasteiger partial charge in [-0.3, -0.25) is 24.2 Å². The number of rotatable bonds is 3. The van der Waals surface area contributed by atoms with Crippen molar-refractivity contribution in [1.29, 1.82) is 0 Å². The molecule has 0 aromatic heterocycles. The molecule has 2 bridgehead atoms. The van der Waals surface area contributed by atoms with E-state index in [4.69, 9.17) is 0 Å². The molecule has 1 aromatic carbocycles. The van der Waals surface area contributed by atoms with Crippen LogP contribution in [0.15, 0.2) is 30.4 Å². The average molecular weight is 418 g/mol. The van der Waals surface area contributed by atoms with Crippen LogP contribution < -0.4 is 4.90 Å². The summed E-state index contributed by atoms with van der Waals surface area (Å²) in [7, 11) is 0. The Morgan fingerprint density at radius 2 is 1.63 bits per heavy atom. The molecular weight excluding hydrogens is 397 g/mol. The Morgan fingerprint density at radius 3 is 2.17 bits per heavy atom. The molecule has 3 fully saturated rings. The maximum atomic E-state index is 13.4. The fourth-order valence-electron chi connectivity index (χ4n) is 5.71. The van der Waals surface area contributed by atoms with Crippen molar-refractivity contribution < 1.29 is 27.6 Å². The van der Waals surface area contributed by atoms with Crippen LogP contribution in [0.2, 0.25) is 0 Å². The monoisotopic (exact) mass is 418 g/mol. The number of anilines is 1. The number of hydrogen-bond acceptors (Lipinski definition) is 3. The van der Waals surface area contributed by atoms with Crippen LogP contribution in [-0.2, 0) is 14.4 Å². The van der Waals surface area contributed by atoms with Gasteiger partial charge in [-0.2, -0.15) is 13.2 Å². The average Bonchev–Trinajstić information content (AvgIpc) is 3.47. The highest BCUT2D eigenvalue weighted by atomic mass is 19.4. The lowest BCUT2D eigenvalue weighted by molar-refractivity contribution is -0.171. The van der Waals surface area contributed by atoms with E-state index in [0.717, 1.165) is 11.3 Å². The lowest BCUT2D eigenvalue weighted by Gasteiger charge is -2.37. The first-order valence-electron chi connectivity index (χ1n) is 10.1. The first-order chi connectivity index (χ1) is 14.1. The Hall–Kier alpha value is -2.64. The van der Waals surface area contributed by atoms with E-state index in [2.05, 4.69) is 0 Å². The molecule has 5 nitrogen and oxygen atoms in total. The Bertz CT molecular complexity index is 966. The lowest BCUT2D eigenvalue weighted by atomic mass is 9.63. The summed E-state index contributed by atoms with van der Waals surface area (Å²) in [6.45, 7) is 2.58. The molecule has 6 atom stereocenters. The molecule has 0 radical (unpaired) electrons. The van der Waals surface area contributed by atoms with Gasteiger partial charge in [-0.15, -0.1) is 0 Å². The summed E-state index contributed by atoms with van der Waals surface area (Å²) in [5, 5.41) is 0. The van der Waals surface area contributed by atoms with Crippen LogP contribution in [-0.4, -0.2) is 35.5 Å². The van der Waals surface area contributed by atoms with Gasteiger partial charge in [0.15, 0.2) is 0 Å². The predicted molar refractivity (Wildman–Crippen MR) is 101 cm³/mol. The summed E-state index contributed by atoms with van der Waals surface area (Å²) >= 11 is 0. The van der Waals surface area contributed by atoms with E-state index in [1.807, 2.05) is 12.2 Å². The van der Waals surface area contributed by atoms with Crippen LogP contribution in [0.4, 0.5) is 18.9 Å². The molecule has 8 heteroatoms. The number of amides is 3. The lowest BCUT2D eigenvalue weighted by Crippen LogP contribution is -2.49. The largest absolute Gasteiger partial charge is 0.471 e. The molecule has 158 valence electrons. The minimum absolute atomic E-state index is 0.0288. The smallest absolute Gasteiger partial charge is 0.286 e. The Kier molecular flexibility index (Phi) is 3.98. The molecule has 1 saturated heterocycles. The maximum absolute atomic E-state index is 13.4. The second-order valence-corrected chi connectivity index (χ2v) is 8.92. The number of aryl methyl sites for hydroxylation is 2. The summed E-state index contributed by atoms with van der Waals surface area (Å²) in [6, 6.07) is 4.81. The van der Waals surface area contributed by atoms with Gasteiger partial charge in [0, 0.05) is 5.69 Å². The second kappa shape index (κ2) is 6.18. The summed E-state index contributed by atoms with van der Waals surface area (Å²) in [5.41, 5.74) is 1.18. The molecule has 30 heavy (non-hydrogen) atoms.